The average Bonchev–Trinajstić information content (AvgIpc) is 2.53. The number of nitrogens with zero attached hydrogens (tertiary/aromatic N) is 1. The molecule has 0 aliphatic rings. The topological polar surface area (TPSA) is 41.6 Å². The molecule has 0 saturated heterocycles. The van der Waals surface area contributed by atoms with E-state index in [1.54, 1.807) is 11.9 Å². The second-order valence-electron chi connectivity index (χ2n) is 5.48. The second-order valence-corrected chi connectivity index (χ2v) is 5.86. The number of halogens is 1. The number of hydrogen-bond acceptors (Lipinski definition) is 2. The molecule has 2 aromatic carbocycles. The lowest BCUT2D eigenvalue weighted by molar-refractivity contribution is 0.192. The van der Waals surface area contributed by atoms with Crippen molar-refractivity contribution in [2.75, 3.05) is 13.8 Å². The summed E-state index contributed by atoms with van der Waals surface area (Å²) in [5, 5.41) is 3.48. The Hall–Kier alpha value is -2.20. The number of hydrogen-bond donors (Lipinski definition) is 1. The van der Waals surface area contributed by atoms with Crippen LogP contribution in [0.4, 0.5) is 4.79 Å². The number of urea groups is 1. The molecule has 0 spiro atoms. The molecule has 0 unspecified atom stereocenters. The van der Waals surface area contributed by atoms with Gasteiger partial charge in [-0.2, -0.15) is 0 Å². The van der Waals surface area contributed by atoms with Crippen molar-refractivity contribution < 1.29 is 9.53 Å². The van der Waals surface area contributed by atoms with Gasteiger partial charge in [0.15, 0.2) is 6.73 Å². The van der Waals surface area contributed by atoms with Gasteiger partial charge in [-0.05, 0) is 42.7 Å². The Morgan fingerprint density at radius 2 is 1.78 bits per heavy atom. The van der Waals surface area contributed by atoms with Crippen molar-refractivity contribution in [1.29, 1.82) is 0 Å². The van der Waals surface area contributed by atoms with Crippen LogP contribution in [0.15, 0.2) is 42.5 Å². The van der Waals surface area contributed by atoms with Crippen LogP contribution in [-0.2, 0) is 6.54 Å². The minimum atomic E-state index is -0.184. The maximum Gasteiger partial charge on any atom is 0.320 e. The van der Waals surface area contributed by atoms with Crippen LogP contribution in [0.25, 0.3) is 0 Å². The largest absolute Gasteiger partial charge is 0.473 e. The number of aryl methyl sites for hydroxylation is 2. The van der Waals surface area contributed by atoms with E-state index >= 15 is 0 Å². The Kier molecular flexibility index (Phi) is 5.88. The normalized spacial score (nSPS) is 10.3. The fraction of sp³-hybridized carbons (Fsp3) is 0.278. The summed E-state index contributed by atoms with van der Waals surface area (Å²) >= 11 is 6.12. The number of benzene rings is 2. The van der Waals surface area contributed by atoms with E-state index < -0.39 is 0 Å². The Labute approximate surface area is 142 Å². The van der Waals surface area contributed by atoms with Gasteiger partial charge in [0, 0.05) is 18.6 Å². The maximum atomic E-state index is 12.0. The highest BCUT2D eigenvalue weighted by atomic mass is 35.5. The van der Waals surface area contributed by atoms with E-state index in [-0.39, 0.29) is 12.8 Å². The Morgan fingerprint density at radius 1 is 1.17 bits per heavy atom. The van der Waals surface area contributed by atoms with E-state index in [2.05, 4.69) is 5.32 Å². The zero-order valence-corrected chi connectivity index (χ0v) is 14.4. The fourth-order valence-electron chi connectivity index (χ4n) is 2.23. The van der Waals surface area contributed by atoms with Gasteiger partial charge in [-0.3, -0.25) is 0 Å². The zero-order valence-electron chi connectivity index (χ0n) is 13.6. The molecule has 1 N–H and O–H groups in total. The highest BCUT2D eigenvalue weighted by Crippen LogP contribution is 2.25. The van der Waals surface area contributed by atoms with Crippen molar-refractivity contribution >= 4 is 17.6 Å². The smallest absolute Gasteiger partial charge is 0.320 e. The predicted molar refractivity (Wildman–Crippen MR) is 92.9 cm³/mol. The Bertz CT molecular complexity index is 651. The van der Waals surface area contributed by atoms with Crippen molar-refractivity contribution in [3.63, 3.8) is 0 Å². The Balaban J connectivity index is 1.82. The first-order valence-corrected chi connectivity index (χ1v) is 7.77. The molecule has 0 saturated carbocycles. The molecule has 0 aromatic heterocycles. The minimum Gasteiger partial charge on any atom is -0.473 e. The van der Waals surface area contributed by atoms with Crippen LogP contribution in [-0.4, -0.2) is 24.7 Å². The summed E-state index contributed by atoms with van der Waals surface area (Å²) in [7, 11) is 1.75. The predicted octanol–water partition coefficient (Wildman–Crippen LogP) is 4.13. The van der Waals surface area contributed by atoms with Crippen molar-refractivity contribution in [3.05, 3.63) is 64.2 Å². The summed E-state index contributed by atoms with van der Waals surface area (Å²) in [4.78, 5) is 13.6. The molecule has 122 valence electrons. The molecule has 0 radical (unpaired) electrons. The third-order valence-electron chi connectivity index (χ3n) is 3.48. The molecule has 23 heavy (non-hydrogen) atoms. The molecule has 0 atom stereocenters. The maximum absolute atomic E-state index is 12.0. The molecule has 2 amide bonds. The number of carbonyl (C=O) groups excluding carboxylic acids is 1. The van der Waals surface area contributed by atoms with Gasteiger partial charge in [0.2, 0.25) is 0 Å². The molecule has 4 nitrogen and oxygen atoms in total. The number of rotatable bonds is 5. The third-order valence-corrected chi connectivity index (χ3v) is 4.08. The first kappa shape index (κ1) is 17.2. The van der Waals surface area contributed by atoms with Gasteiger partial charge in [0.1, 0.15) is 5.75 Å². The lowest BCUT2D eigenvalue weighted by Crippen LogP contribution is -2.38. The van der Waals surface area contributed by atoms with Crippen LogP contribution in [0, 0.1) is 13.8 Å². The number of amides is 2. The van der Waals surface area contributed by atoms with Crippen molar-refractivity contribution in [1.82, 2.24) is 10.2 Å². The molecular formula is C18H21ClN2O2. The van der Waals surface area contributed by atoms with Gasteiger partial charge >= 0.3 is 6.03 Å². The summed E-state index contributed by atoms with van der Waals surface area (Å²) in [5.74, 6) is 0.690. The van der Waals surface area contributed by atoms with Gasteiger partial charge in [-0.15, -0.1) is 0 Å². The van der Waals surface area contributed by atoms with Crippen LogP contribution in [0.1, 0.15) is 16.7 Å². The van der Waals surface area contributed by atoms with Gasteiger partial charge in [0.25, 0.3) is 0 Å². The van der Waals surface area contributed by atoms with E-state index in [1.807, 2.05) is 56.3 Å². The van der Waals surface area contributed by atoms with Gasteiger partial charge in [0.05, 0.1) is 0 Å². The van der Waals surface area contributed by atoms with Gasteiger partial charge in [-0.1, -0.05) is 41.9 Å². The van der Waals surface area contributed by atoms with Crippen LogP contribution in [0.2, 0.25) is 5.02 Å². The molecule has 2 aromatic rings. The first-order valence-electron chi connectivity index (χ1n) is 7.40. The van der Waals surface area contributed by atoms with E-state index in [4.69, 9.17) is 16.3 Å². The molecule has 0 aliphatic carbocycles. The quantitative estimate of drug-likeness (QED) is 0.836. The van der Waals surface area contributed by atoms with E-state index in [9.17, 15) is 4.79 Å². The van der Waals surface area contributed by atoms with E-state index in [0.717, 1.165) is 21.7 Å². The molecular weight excluding hydrogens is 312 g/mol. The summed E-state index contributed by atoms with van der Waals surface area (Å²) in [6.45, 7) is 4.51. The summed E-state index contributed by atoms with van der Waals surface area (Å²) in [6.07, 6.45) is 0. The summed E-state index contributed by atoms with van der Waals surface area (Å²) in [5.41, 5.74) is 2.98. The Morgan fingerprint density at radius 3 is 2.39 bits per heavy atom. The van der Waals surface area contributed by atoms with Crippen molar-refractivity contribution in [2.45, 2.75) is 20.4 Å². The highest BCUT2D eigenvalue weighted by molar-refractivity contribution is 6.32. The molecule has 2 rings (SSSR count). The van der Waals surface area contributed by atoms with Crippen LogP contribution < -0.4 is 10.1 Å². The average molecular weight is 333 g/mol. The first-order chi connectivity index (χ1) is 11.0. The lowest BCUT2D eigenvalue weighted by atomic mass is 10.1. The summed E-state index contributed by atoms with van der Waals surface area (Å²) in [6, 6.07) is 13.4. The molecule has 5 heteroatoms. The van der Waals surface area contributed by atoms with Gasteiger partial charge in [-0.25, -0.2) is 4.79 Å². The third kappa shape index (κ3) is 4.89. The lowest BCUT2D eigenvalue weighted by Gasteiger charge is -2.18. The number of carbonyl (C=O) groups is 1. The fourth-order valence-corrected chi connectivity index (χ4v) is 2.34. The van der Waals surface area contributed by atoms with E-state index in [0.29, 0.717) is 12.3 Å². The van der Waals surface area contributed by atoms with Crippen LogP contribution >= 0.6 is 11.6 Å². The summed E-state index contributed by atoms with van der Waals surface area (Å²) < 4.78 is 5.58. The van der Waals surface area contributed by atoms with Crippen LogP contribution in [0.3, 0.4) is 0 Å². The number of nitrogens with one attached hydrogen (secondary N) is 1. The van der Waals surface area contributed by atoms with Crippen LogP contribution in [0.5, 0.6) is 5.75 Å². The van der Waals surface area contributed by atoms with Crippen molar-refractivity contribution in [2.24, 2.45) is 0 Å². The zero-order chi connectivity index (χ0) is 16.8. The minimum absolute atomic E-state index is 0.110. The second kappa shape index (κ2) is 7.88. The standard InChI is InChI=1S/C18H21ClN2O2/c1-13-9-16(10-14(2)17(13)19)23-12-20-18(22)21(3)11-15-7-5-4-6-8-15/h4-10H,11-12H2,1-3H3,(H,20,22). The molecule has 0 fully saturated rings. The van der Waals surface area contributed by atoms with Crippen molar-refractivity contribution in [3.8, 4) is 5.75 Å². The molecule has 0 heterocycles. The van der Waals surface area contributed by atoms with E-state index in [1.165, 1.54) is 0 Å². The highest BCUT2D eigenvalue weighted by Gasteiger charge is 2.09. The number of ether oxygens (including phenoxy) is 1. The monoisotopic (exact) mass is 332 g/mol. The molecule has 0 aliphatic heterocycles. The SMILES string of the molecule is Cc1cc(OCNC(=O)N(C)Cc2ccccc2)cc(C)c1Cl. The van der Waals surface area contributed by atoms with Gasteiger partial charge < -0.3 is 15.0 Å². The molecule has 0 bridgehead atoms.